The number of amides is 2. The molecule has 2 heterocycles. The molecule has 0 bridgehead atoms. The van der Waals surface area contributed by atoms with Crippen LogP contribution in [0.15, 0.2) is 24.3 Å². The molecule has 0 aliphatic carbocycles. The highest BCUT2D eigenvalue weighted by Crippen LogP contribution is 2.21. The van der Waals surface area contributed by atoms with Crippen LogP contribution in [0.1, 0.15) is 48.9 Å². The Morgan fingerprint density at radius 2 is 1.96 bits per heavy atom. The molecule has 142 valence electrons. The first-order valence-electron chi connectivity index (χ1n) is 9.57. The average molecular weight is 362 g/mol. The van der Waals surface area contributed by atoms with Crippen molar-refractivity contribution in [3.8, 4) is 0 Å². The summed E-state index contributed by atoms with van der Waals surface area (Å²) in [4.78, 5) is 26.7. The van der Waals surface area contributed by atoms with E-state index in [1.54, 1.807) is 4.90 Å². The summed E-state index contributed by atoms with van der Waals surface area (Å²) in [5.74, 6) is -0.590. The minimum atomic E-state index is -0.354. The second-order valence-electron chi connectivity index (χ2n) is 7.17. The maximum absolute atomic E-state index is 13.0. The molecule has 1 N–H and O–H groups in total. The molecular formula is C20H27FN2O3. The molecule has 2 aliphatic rings. The number of piperidine rings is 1. The Balaban J connectivity index is 1.46. The van der Waals surface area contributed by atoms with Crippen molar-refractivity contribution in [3.63, 3.8) is 0 Å². The molecule has 2 saturated heterocycles. The number of urea groups is 1. The minimum Gasteiger partial charge on any atom is -0.378 e. The number of nitrogens with one attached hydrogen (secondary N) is 1. The second kappa shape index (κ2) is 9.12. The van der Waals surface area contributed by atoms with Gasteiger partial charge in [0, 0.05) is 37.7 Å². The summed E-state index contributed by atoms with van der Waals surface area (Å²) in [6.45, 7) is 2.50. The highest BCUT2D eigenvalue weighted by atomic mass is 19.1. The van der Waals surface area contributed by atoms with E-state index in [1.807, 2.05) is 0 Å². The van der Waals surface area contributed by atoms with Crippen LogP contribution in [0.4, 0.5) is 9.18 Å². The van der Waals surface area contributed by atoms with Gasteiger partial charge in [0.2, 0.25) is 0 Å². The van der Waals surface area contributed by atoms with Crippen molar-refractivity contribution in [1.29, 1.82) is 0 Å². The highest BCUT2D eigenvalue weighted by Gasteiger charge is 2.29. The molecule has 0 saturated carbocycles. The van der Waals surface area contributed by atoms with E-state index in [2.05, 4.69) is 5.32 Å². The van der Waals surface area contributed by atoms with Crippen LogP contribution < -0.4 is 5.32 Å². The highest BCUT2D eigenvalue weighted by molar-refractivity contribution is 5.98. The van der Waals surface area contributed by atoms with Crippen molar-refractivity contribution in [2.75, 3.05) is 26.2 Å². The largest absolute Gasteiger partial charge is 0.378 e. The lowest BCUT2D eigenvalue weighted by atomic mass is 9.90. The summed E-state index contributed by atoms with van der Waals surface area (Å²) in [7, 11) is 0. The van der Waals surface area contributed by atoms with E-state index in [4.69, 9.17) is 4.74 Å². The van der Waals surface area contributed by atoms with Gasteiger partial charge in [0.05, 0.1) is 6.10 Å². The number of Topliss-reactive ketones (excluding diaryl/α,β-unsaturated/α-hetero) is 1. The molecule has 2 unspecified atom stereocenters. The molecule has 6 heteroatoms. The first kappa shape index (κ1) is 18.8. The Hall–Kier alpha value is -1.95. The number of rotatable bonds is 5. The summed E-state index contributed by atoms with van der Waals surface area (Å²) >= 11 is 0. The molecule has 2 amide bonds. The maximum atomic E-state index is 13.0. The van der Waals surface area contributed by atoms with Crippen molar-refractivity contribution in [3.05, 3.63) is 35.6 Å². The molecule has 0 spiro atoms. The molecule has 2 fully saturated rings. The quantitative estimate of drug-likeness (QED) is 0.817. The summed E-state index contributed by atoms with van der Waals surface area (Å²) in [6, 6.07) is 5.51. The lowest BCUT2D eigenvalue weighted by Crippen LogP contribution is -2.47. The van der Waals surface area contributed by atoms with Crippen molar-refractivity contribution < 1.29 is 18.7 Å². The molecule has 0 radical (unpaired) electrons. The third-order valence-corrected chi connectivity index (χ3v) is 5.22. The van der Waals surface area contributed by atoms with Gasteiger partial charge < -0.3 is 15.0 Å². The fraction of sp³-hybridized carbons (Fsp3) is 0.600. The minimum absolute atomic E-state index is 0.0156. The van der Waals surface area contributed by atoms with E-state index >= 15 is 0 Å². The van der Waals surface area contributed by atoms with Gasteiger partial charge >= 0.3 is 6.03 Å². The number of ketones is 1. The van der Waals surface area contributed by atoms with Gasteiger partial charge in [-0.2, -0.15) is 0 Å². The lowest BCUT2D eigenvalue weighted by molar-refractivity contribution is 0.0118. The number of carbonyl (C=O) groups is 2. The zero-order valence-corrected chi connectivity index (χ0v) is 15.1. The van der Waals surface area contributed by atoms with Crippen molar-refractivity contribution in [1.82, 2.24) is 10.2 Å². The molecule has 1 aromatic carbocycles. The zero-order chi connectivity index (χ0) is 18.4. The first-order valence-corrected chi connectivity index (χ1v) is 9.57. The standard InChI is InChI=1S/C20H27FN2O3/c21-17-8-6-15(7-9-17)19(24)16-4-3-12-23(14-16)20(25)22-11-10-18-5-1-2-13-26-18/h6-9,16,18H,1-5,10-14H2,(H,22,25). The molecular weight excluding hydrogens is 335 g/mol. The van der Waals surface area contributed by atoms with E-state index < -0.39 is 0 Å². The topological polar surface area (TPSA) is 58.6 Å². The fourth-order valence-electron chi connectivity index (χ4n) is 3.71. The molecule has 0 aromatic heterocycles. The molecule has 1 aromatic rings. The van der Waals surface area contributed by atoms with Crippen molar-refractivity contribution >= 4 is 11.8 Å². The number of carbonyl (C=O) groups excluding carboxylic acids is 2. The first-order chi connectivity index (χ1) is 12.6. The van der Waals surface area contributed by atoms with Gasteiger partial charge in [-0.25, -0.2) is 9.18 Å². The number of halogens is 1. The van der Waals surface area contributed by atoms with Gasteiger partial charge in [0.1, 0.15) is 5.82 Å². The third kappa shape index (κ3) is 5.04. The Kier molecular flexibility index (Phi) is 6.61. The maximum Gasteiger partial charge on any atom is 0.317 e. The summed E-state index contributed by atoms with van der Waals surface area (Å²) in [5, 5.41) is 2.95. The lowest BCUT2D eigenvalue weighted by Gasteiger charge is -2.32. The zero-order valence-electron chi connectivity index (χ0n) is 15.1. The van der Waals surface area contributed by atoms with Gasteiger partial charge in [0.15, 0.2) is 5.78 Å². The number of likely N-dealkylation sites (tertiary alicyclic amines) is 1. The molecule has 5 nitrogen and oxygen atoms in total. The van der Waals surface area contributed by atoms with Gasteiger partial charge in [-0.1, -0.05) is 0 Å². The number of nitrogens with zero attached hydrogens (tertiary/aromatic N) is 1. The van der Waals surface area contributed by atoms with Gasteiger partial charge in [-0.15, -0.1) is 0 Å². The van der Waals surface area contributed by atoms with Crippen LogP contribution in [0.25, 0.3) is 0 Å². The smallest absolute Gasteiger partial charge is 0.317 e. The predicted octanol–water partition coefficient (Wildman–Crippen LogP) is 3.39. The van der Waals surface area contributed by atoms with Gasteiger partial charge in [-0.05, 0) is 62.8 Å². The van der Waals surface area contributed by atoms with Crippen LogP contribution in [0, 0.1) is 11.7 Å². The summed E-state index contributed by atoms with van der Waals surface area (Å²) < 4.78 is 18.7. The Morgan fingerprint density at radius 3 is 2.69 bits per heavy atom. The van der Waals surface area contributed by atoms with Crippen LogP contribution in [0.2, 0.25) is 0 Å². The second-order valence-corrected chi connectivity index (χ2v) is 7.17. The van der Waals surface area contributed by atoms with Crippen LogP contribution in [-0.4, -0.2) is 49.1 Å². The Bertz CT molecular complexity index is 614. The van der Waals surface area contributed by atoms with Crippen molar-refractivity contribution in [2.24, 2.45) is 5.92 Å². The molecule has 2 aliphatic heterocycles. The van der Waals surface area contributed by atoms with Crippen molar-refractivity contribution in [2.45, 2.75) is 44.6 Å². The Morgan fingerprint density at radius 1 is 1.15 bits per heavy atom. The van der Waals surface area contributed by atoms with E-state index in [9.17, 15) is 14.0 Å². The van der Waals surface area contributed by atoms with Gasteiger partial charge in [-0.3, -0.25) is 4.79 Å². The fourth-order valence-corrected chi connectivity index (χ4v) is 3.71. The van der Waals surface area contributed by atoms with Crippen LogP contribution >= 0.6 is 0 Å². The molecule has 3 rings (SSSR count). The summed E-state index contributed by atoms with van der Waals surface area (Å²) in [5.41, 5.74) is 0.508. The molecule has 2 atom stereocenters. The van der Waals surface area contributed by atoms with Crippen LogP contribution in [0.3, 0.4) is 0 Å². The Labute approximate surface area is 153 Å². The predicted molar refractivity (Wildman–Crippen MR) is 96.6 cm³/mol. The van der Waals surface area contributed by atoms with Crippen LogP contribution in [0.5, 0.6) is 0 Å². The van der Waals surface area contributed by atoms with E-state index in [0.717, 1.165) is 38.7 Å². The third-order valence-electron chi connectivity index (χ3n) is 5.22. The average Bonchev–Trinajstić information content (AvgIpc) is 2.69. The monoisotopic (exact) mass is 362 g/mol. The van der Waals surface area contributed by atoms with E-state index in [-0.39, 0.29) is 29.7 Å². The normalized spacial score (nSPS) is 23.5. The van der Waals surface area contributed by atoms with Crippen LogP contribution in [-0.2, 0) is 4.74 Å². The van der Waals surface area contributed by atoms with Gasteiger partial charge in [0.25, 0.3) is 0 Å². The number of hydrogen-bond donors (Lipinski definition) is 1. The number of ether oxygens (including phenoxy) is 1. The number of benzene rings is 1. The SMILES string of the molecule is O=C(c1ccc(F)cc1)C1CCCN(C(=O)NCCC2CCCCO2)C1. The van der Waals surface area contributed by atoms with E-state index in [1.165, 1.54) is 30.7 Å². The summed E-state index contributed by atoms with van der Waals surface area (Å²) in [6.07, 6.45) is 6.02. The molecule has 26 heavy (non-hydrogen) atoms. The van der Waals surface area contributed by atoms with E-state index in [0.29, 0.717) is 25.2 Å². The number of hydrogen-bond acceptors (Lipinski definition) is 3.